The van der Waals surface area contributed by atoms with E-state index in [0.29, 0.717) is 16.0 Å². The predicted molar refractivity (Wildman–Crippen MR) is 88.2 cm³/mol. The lowest BCUT2D eigenvalue weighted by atomic mass is 10.1. The van der Waals surface area contributed by atoms with E-state index in [1.807, 2.05) is 26.0 Å². The summed E-state index contributed by atoms with van der Waals surface area (Å²) in [5.41, 5.74) is 2.45. The molecule has 112 valence electrons. The quantitative estimate of drug-likeness (QED) is 0.866. The van der Waals surface area contributed by atoms with E-state index in [0.717, 1.165) is 11.1 Å². The molecular formula is C14H16BrN3O2S. The number of sulfonamides is 1. The van der Waals surface area contributed by atoms with E-state index in [1.165, 1.54) is 12.3 Å². The van der Waals surface area contributed by atoms with E-state index >= 15 is 0 Å². The second-order valence-electron chi connectivity index (χ2n) is 4.67. The Labute approximate surface area is 133 Å². The molecule has 0 aliphatic carbocycles. The second-order valence-corrected chi connectivity index (χ2v) is 7.21. The molecule has 2 rings (SSSR count). The van der Waals surface area contributed by atoms with Crippen molar-refractivity contribution < 1.29 is 8.42 Å². The standard InChI is InChI=1S/C14H16BrN3O2S/c1-9-6-10(2)14(12(15)7-9)18-21(19,20)11-4-5-13(16-3)17-8-11/h4-8,18H,1-3H3,(H,16,17). The zero-order valence-corrected chi connectivity index (χ0v) is 14.3. The van der Waals surface area contributed by atoms with Crippen LogP contribution in [0.3, 0.4) is 0 Å². The summed E-state index contributed by atoms with van der Waals surface area (Å²) in [7, 11) is -1.94. The van der Waals surface area contributed by atoms with Gasteiger partial charge in [0.2, 0.25) is 0 Å². The van der Waals surface area contributed by atoms with Crippen LogP contribution in [0, 0.1) is 13.8 Å². The molecule has 0 atom stereocenters. The smallest absolute Gasteiger partial charge is 0.263 e. The Morgan fingerprint density at radius 3 is 2.43 bits per heavy atom. The van der Waals surface area contributed by atoms with E-state index in [-0.39, 0.29) is 4.90 Å². The number of halogens is 1. The van der Waals surface area contributed by atoms with Crippen LogP contribution < -0.4 is 10.0 Å². The van der Waals surface area contributed by atoms with E-state index in [4.69, 9.17) is 0 Å². The van der Waals surface area contributed by atoms with Gasteiger partial charge in [-0.15, -0.1) is 0 Å². The highest BCUT2D eigenvalue weighted by molar-refractivity contribution is 9.10. The minimum Gasteiger partial charge on any atom is -0.373 e. The summed E-state index contributed by atoms with van der Waals surface area (Å²) in [4.78, 5) is 4.14. The zero-order valence-electron chi connectivity index (χ0n) is 11.9. The largest absolute Gasteiger partial charge is 0.373 e. The van der Waals surface area contributed by atoms with Gasteiger partial charge in [-0.25, -0.2) is 13.4 Å². The first-order valence-electron chi connectivity index (χ1n) is 6.27. The van der Waals surface area contributed by atoms with Gasteiger partial charge in [0, 0.05) is 17.7 Å². The molecule has 21 heavy (non-hydrogen) atoms. The molecule has 0 saturated carbocycles. The maximum Gasteiger partial charge on any atom is 0.263 e. The molecule has 5 nitrogen and oxygen atoms in total. The van der Waals surface area contributed by atoms with Crippen LogP contribution in [-0.2, 0) is 10.0 Å². The Morgan fingerprint density at radius 2 is 1.90 bits per heavy atom. The maximum absolute atomic E-state index is 12.4. The first kappa shape index (κ1) is 15.8. The van der Waals surface area contributed by atoms with Crippen LogP contribution in [0.5, 0.6) is 0 Å². The van der Waals surface area contributed by atoms with Gasteiger partial charge in [-0.05, 0) is 59.1 Å². The third-order valence-corrected chi connectivity index (χ3v) is 4.93. The van der Waals surface area contributed by atoms with Crippen molar-refractivity contribution in [1.82, 2.24) is 4.98 Å². The van der Waals surface area contributed by atoms with Crippen molar-refractivity contribution in [2.75, 3.05) is 17.1 Å². The number of aryl methyl sites for hydroxylation is 2. The Hall–Kier alpha value is -1.60. The van der Waals surface area contributed by atoms with Crippen LogP contribution in [0.15, 0.2) is 39.8 Å². The lowest BCUT2D eigenvalue weighted by Crippen LogP contribution is -2.14. The minimum absolute atomic E-state index is 0.119. The molecule has 0 radical (unpaired) electrons. The summed E-state index contributed by atoms with van der Waals surface area (Å²) in [5, 5.41) is 2.85. The topological polar surface area (TPSA) is 71.1 Å². The molecule has 7 heteroatoms. The summed E-state index contributed by atoms with van der Waals surface area (Å²) in [5.74, 6) is 0.613. The van der Waals surface area contributed by atoms with Crippen molar-refractivity contribution in [3.05, 3.63) is 46.1 Å². The van der Waals surface area contributed by atoms with Crippen LogP contribution in [0.1, 0.15) is 11.1 Å². The number of benzene rings is 1. The van der Waals surface area contributed by atoms with E-state index in [1.54, 1.807) is 13.1 Å². The van der Waals surface area contributed by atoms with Gasteiger partial charge < -0.3 is 5.32 Å². The fourth-order valence-electron chi connectivity index (χ4n) is 1.93. The van der Waals surface area contributed by atoms with E-state index in [2.05, 4.69) is 31.0 Å². The average molecular weight is 370 g/mol. The number of hydrogen-bond acceptors (Lipinski definition) is 4. The van der Waals surface area contributed by atoms with E-state index in [9.17, 15) is 8.42 Å². The Kier molecular flexibility index (Phi) is 4.53. The van der Waals surface area contributed by atoms with Gasteiger partial charge in [-0.3, -0.25) is 4.72 Å². The highest BCUT2D eigenvalue weighted by Gasteiger charge is 2.17. The fraction of sp³-hybridized carbons (Fsp3) is 0.214. The number of anilines is 2. The molecular weight excluding hydrogens is 354 g/mol. The SMILES string of the molecule is CNc1ccc(S(=O)(=O)Nc2c(C)cc(C)cc2Br)cn1. The highest BCUT2D eigenvalue weighted by Crippen LogP contribution is 2.29. The van der Waals surface area contributed by atoms with Crippen LogP contribution in [-0.4, -0.2) is 20.4 Å². The Bertz CT molecular complexity index is 735. The highest BCUT2D eigenvalue weighted by atomic mass is 79.9. The number of nitrogens with zero attached hydrogens (tertiary/aromatic N) is 1. The third-order valence-electron chi connectivity index (χ3n) is 2.97. The minimum atomic E-state index is -3.67. The molecule has 1 heterocycles. The summed E-state index contributed by atoms with van der Waals surface area (Å²) >= 11 is 3.39. The van der Waals surface area contributed by atoms with Crippen molar-refractivity contribution in [3.8, 4) is 0 Å². The fourth-order valence-corrected chi connectivity index (χ4v) is 3.93. The van der Waals surface area contributed by atoms with Crippen molar-refractivity contribution in [2.24, 2.45) is 0 Å². The van der Waals surface area contributed by atoms with Crippen molar-refractivity contribution in [1.29, 1.82) is 0 Å². The molecule has 1 aromatic carbocycles. The lowest BCUT2D eigenvalue weighted by molar-refractivity contribution is 0.601. The Morgan fingerprint density at radius 1 is 1.19 bits per heavy atom. The lowest BCUT2D eigenvalue weighted by Gasteiger charge is -2.13. The zero-order chi connectivity index (χ0) is 15.6. The second kappa shape index (κ2) is 6.03. The molecule has 0 unspecified atom stereocenters. The number of aromatic nitrogens is 1. The van der Waals surface area contributed by atoms with Crippen LogP contribution in [0.2, 0.25) is 0 Å². The first-order valence-corrected chi connectivity index (χ1v) is 8.54. The average Bonchev–Trinajstić information content (AvgIpc) is 2.43. The van der Waals surface area contributed by atoms with Gasteiger partial charge >= 0.3 is 0 Å². The van der Waals surface area contributed by atoms with Crippen molar-refractivity contribution in [2.45, 2.75) is 18.7 Å². The normalized spacial score (nSPS) is 11.2. The summed E-state index contributed by atoms with van der Waals surface area (Å²) in [6, 6.07) is 6.92. The van der Waals surface area contributed by atoms with Gasteiger partial charge in [0.05, 0.1) is 5.69 Å². The Balaban J connectivity index is 2.37. The molecule has 0 amide bonds. The summed E-state index contributed by atoms with van der Waals surface area (Å²) in [6.07, 6.45) is 1.32. The maximum atomic E-state index is 12.4. The van der Waals surface area contributed by atoms with Crippen molar-refractivity contribution in [3.63, 3.8) is 0 Å². The summed E-state index contributed by atoms with van der Waals surface area (Å²) in [6.45, 7) is 3.81. The van der Waals surface area contributed by atoms with Gasteiger partial charge in [0.1, 0.15) is 10.7 Å². The van der Waals surface area contributed by atoms with Crippen LogP contribution in [0.4, 0.5) is 11.5 Å². The van der Waals surface area contributed by atoms with Gasteiger partial charge in [-0.1, -0.05) is 6.07 Å². The molecule has 0 saturated heterocycles. The van der Waals surface area contributed by atoms with Gasteiger partial charge in [0.15, 0.2) is 0 Å². The molecule has 2 N–H and O–H groups in total. The van der Waals surface area contributed by atoms with Crippen molar-refractivity contribution >= 4 is 37.5 Å². The molecule has 1 aromatic heterocycles. The molecule has 0 bridgehead atoms. The first-order chi connectivity index (χ1) is 9.83. The number of hydrogen-bond donors (Lipinski definition) is 2. The van der Waals surface area contributed by atoms with Crippen LogP contribution >= 0.6 is 15.9 Å². The molecule has 0 spiro atoms. The van der Waals surface area contributed by atoms with Gasteiger partial charge in [0.25, 0.3) is 10.0 Å². The monoisotopic (exact) mass is 369 g/mol. The van der Waals surface area contributed by atoms with Crippen LogP contribution in [0.25, 0.3) is 0 Å². The number of rotatable bonds is 4. The molecule has 2 aromatic rings. The third kappa shape index (κ3) is 3.54. The molecule has 0 aliphatic heterocycles. The van der Waals surface area contributed by atoms with Gasteiger partial charge in [-0.2, -0.15) is 0 Å². The number of nitrogens with one attached hydrogen (secondary N) is 2. The molecule has 0 fully saturated rings. The predicted octanol–water partition coefficient (Wildman–Crippen LogP) is 3.30. The van der Waals surface area contributed by atoms with E-state index < -0.39 is 10.0 Å². The molecule has 0 aliphatic rings. The number of pyridine rings is 1. The summed E-state index contributed by atoms with van der Waals surface area (Å²) < 4.78 is 28.1.